The molecular formula is C19H20ClNO3. The number of aryl methyl sites for hydroxylation is 2. The second-order valence-corrected chi connectivity index (χ2v) is 5.93. The molecule has 0 heterocycles. The number of hydrogen-bond donors (Lipinski definition) is 1. The summed E-state index contributed by atoms with van der Waals surface area (Å²) in [5.74, 6) is -0.732. The molecule has 0 fully saturated rings. The average Bonchev–Trinajstić information content (AvgIpc) is 2.61. The fraction of sp³-hybridized carbons (Fsp3) is 0.263. The Balaban J connectivity index is 0.000000185. The highest BCUT2D eigenvalue weighted by molar-refractivity contribution is 6.33. The van der Waals surface area contributed by atoms with Crippen molar-refractivity contribution in [1.29, 1.82) is 0 Å². The molecule has 0 aliphatic heterocycles. The maximum atomic E-state index is 11.3. The lowest BCUT2D eigenvalue weighted by molar-refractivity contribution is 0.0600. The summed E-state index contributed by atoms with van der Waals surface area (Å²) < 4.78 is 4.69. The molecule has 0 bridgehead atoms. The van der Waals surface area contributed by atoms with E-state index in [-0.39, 0.29) is 5.97 Å². The first-order valence-electron chi connectivity index (χ1n) is 7.77. The van der Waals surface area contributed by atoms with Gasteiger partial charge >= 0.3 is 5.97 Å². The van der Waals surface area contributed by atoms with Crippen molar-refractivity contribution in [2.24, 2.45) is 5.73 Å². The van der Waals surface area contributed by atoms with Crippen LogP contribution in [0.3, 0.4) is 0 Å². The number of carbonyl (C=O) groups is 2. The number of amides is 1. The molecule has 2 aromatic rings. The Kier molecular flexibility index (Phi) is 6.38. The van der Waals surface area contributed by atoms with E-state index in [0.717, 1.165) is 12.8 Å². The van der Waals surface area contributed by atoms with E-state index in [1.165, 1.54) is 31.1 Å². The monoisotopic (exact) mass is 345 g/mol. The van der Waals surface area contributed by atoms with Gasteiger partial charge in [0.05, 0.1) is 23.3 Å². The third-order valence-electron chi connectivity index (χ3n) is 3.91. The SMILES string of the molecule is COC(=O)c1ccc2c(c1)CCCC2.NC(=O)c1ccccc1Cl. The van der Waals surface area contributed by atoms with Crippen LogP contribution in [0.2, 0.25) is 5.02 Å². The molecule has 2 N–H and O–H groups in total. The van der Waals surface area contributed by atoms with Crippen molar-refractivity contribution >= 4 is 23.5 Å². The van der Waals surface area contributed by atoms with Gasteiger partial charge in [-0.05, 0) is 61.1 Å². The second-order valence-electron chi connectivity index (χ2n) is 5.53. The van der Waals surface area contributed by atoms with Crippen LogP contribution in [-0.4, -0.2) is 19.0 Å². The van der Waals surface area contributed by atoms with Crippen molar-refractivity contribution in [2.45, 2.75) is 25.7 Å². The zero-order valence-electron chi connectivity index (χ0n) is 13.5. The van der Waals surface area contributed by atoms with Crippen molar-refractivity contribution in [3.63, 3.8) is 0 Å². The smallest absolute Gasteiger partial charge is 0.337 e. The summed E-state index contributed by atoms with van der Waals surface area (Å²) in [5, 5.41) is 0.398. The lowest BCUT2D eigenvalue weighted by atomic mass is 9.90. The van der Waals surface area contributed by atoms with E-state index < -0.39 is 5.91 Å². The predicted octanol–water partition coefficient (Wildman–Crippen LogP) is 3.79. The second kappa shape index (κ2) is 8.50. The number of hydrogen-bond acceptors (Lipinski definition) is 3. The van der Waals surface area contributed by atoms with Gasteiger partial charge in [-0.15, -0.1) is 0 Å². The van der Waals surface area contributed by atoms with Gasteiger partial charge in [-0.1, -0.05) is 29.8 Å². The van der Waals surface area contributed by atoms with E-state index in [1.54, 1.807) is 24.3 Å². The molecular weight excluding hydrogens is 326 g/mol. The van der Waals surface area contributed by atoms with Gasteiger partial charge in [0.2, 0.25) is 5.91 Å². The predicted molar refractivity (Wildman–Crippen MR) is 94.4 cm³/mol. The summed E-state index contributed by atoms with van der Waals surface area (Å²) in [4.78, 5) is 21.8. The maximum Gasteiger partial charge on any atom is 0.337 e. The van der Waals surface area contributed by atoms with Crippen LogP contribution in [0, 0.1) is 0 Å². The van der Waals surface area contributed by atoms with E-state index >= 15 is 0 Å². The normalized spacial score (nSPS) is 12.4. The van der Waals surface area contributed by atoms with Crippen LogP contribution in [0.25, 0.3) is 0 Å². The third-order valence-corrected chi connectivity index (χ3v) is 4.24. The Labute approximate surface area is 146 Å². The molecule has 0 radical (unpaired) electrons. The van der Waals surface area contributed by atoms with Crippen LogP contribution in [0.4, 0.5) is 0 Å². The first kappa shape index (κ1) is 18.0. The molecule has 1 amide bonds. The van der Waals surface area contributed by atoms with E-state index in [0.29, 0.717) is 16.1 Å². The minimum atomic E-state index is -0.495. The molecule has 2 aromatic carbocycles. The Bertz CT molecular complexity index is 743. The zero-order valence-corrected chi connectivity index (χ0v) is 14.3. The van der Waals surface area contributed by atoms with Crippen LogP contribution >= 0.6 is 11.6 Å². The number of benzene rings is 2. The fourth-order valence-electron chi connectivity index (χ4n) is 2.64. The highest BCUT2D eigenvalue weighted by Crippen LogP contribution is 2.22. The number of halogens is 1. The molecule has 0 aromatic heterocycles. The number of methoxy groups -OCH3 is 1. The van der Waals surface area contributed by atoms with E-state index in [2.05, 4.69) is 10.8 Å². The first-order valence-corrected chi connectivity index (χ1v) is 8.15. The summed E-state index contributed by atoms with van der Waals surface area (Å²) in [5.41, 5.74) is 8.74. The van der Waals surface area contributed by atoms with Crippen LogP contribution in [0.1, 0.15) is 44.7 Å². The molecule has 0 unspecified atom stereocenters. The molecule has 5 heteroatoms. The molecule has 0 spiro atoms. The standard InChI is InChI=1S/C12H14O2.C7H6ClNO/c1-14-12(13)11-7-6-9-4-2-3-5-10(9)8-11;8-6-4-2-1-3-5(6)7(9)10/h6-8H,2-5H2,1H3;1-4H,(H2,9,10). The molecule has 3 rings (SSSR count). The summed E-state index contributed by atoms with van der Waals surface area (Å²) in [7, 11) is 1.42. The Hall–Kier alpha value is -2.33. The molecule has 1 aliphatic rings. The van der Waals surface area contributed by atoms with Crippen LogP contribution < -0.4 is 5.73 Å². The van der Waals surface area contributed by atoms with Crippen molar-refractivity contribution in [3.8, 4) is 0 Å². The lowest BCUT2D eigenvalue weighted by Gasteiger charge is -2.15. The van der Waals surface area contributed by atoms with Crippen molar-refractivity contribution in [3.05, 3.63) is 69.7 Å². The van der Waals surface area contributed by atoms with Gasteiger partial charge in [0, 0.05) is 0 Å². The largest absolute Gasteiger partial charge is 0.465 e. The van der Waals surface area contributed by atoms with Crippen LogP contribution in [0.15, 0.2) is 42.5 Å². The molecule has 0 saturated carbocycles. The summed E-state index contributed by atoms with van der Waals surface area (Å²) in [6.45, 7) is 0. The molecule has 126 valence electrons. The van der Waals surface area contributed by atoms with Gasteiger partial charge in [0.15, 0.2) is 0 Å². The Morgan fingerprint density at radius 3 is 2.29 bits per heavy atom. The van der Waals surface area contributed by atoms with Crippen LogP contribution in [0.5, 0.6) is 0 Å². The van der Waals surface area contributed by atoms with Gasteiger partial charge < -0.3 is 10.5 Å². The Morgan fingerprint density at radius 1 is 1.04 bits per heavy atom. The topological polar surface area (TPSA) is 69.4 Å². The first-order chi connectivity index (χ1) is 11.5. The number of fused-ring (bicyclic) bond motifs is 1. The highest BCUT2D eigenvalue weighted by atomic mass is 35.5. The van der Waals surface area contributed by atoms with E-state index in [4.69, 9.17) is 17.3 Å². The van der Waals surface area contributed by atoms with Gasteiger partial charge in [-0.2, -0.15) is 0 Å². The van der Waals surface area contributed by atoms with E-state index in [1.807, 2.05) is 12.1 Å². The number of nitrogens with two attached hydrogens (primary N) is 1. The maximum absolute atomic E-state index is 11.3. The average molecular weight is 346 g/mol. The Morgan fingerprint density at radius 2 is 1.71 bits per heavy atom. The van der Waals surface area contributed by atoms with Crippen LogP contribution in [-0.2, 0) is 17.6 Å². The van der Waals surface area contributed by atoms with Gasteiger partial charge in [-0.3, -0.25) is 4.79 Å². The number of carbonyl (C=O) groups excluding carboxylic acids is 2. The lowest BCUT2D eigenvalue weighted by Crippen LogP contribution is -2.10. The highest BCUT2D eigenvalue weighted by Gasteiger charge is 2.12. The summed E-state index contributed by atoms with van der Waals surface area (Å²) in [6.07, 6.45) is 4.75. The number of primary amides is 1. The minimum absolute atomic E-state index is 0.238. The van der Waals surface area contributed by atoms with Gasteiger partial charge in [0.25, 0.3) is 0 Å². The fourth-order valence-corrected chi connectivity index (χ4v) is 2.87. The van der Waals surface area contributed by atoms with Gasteiger partial charge in [-0.25, -0.2) is 4.79 Å². The quantitative estimate of drug-likeness (QED) is 0.842. The number of ether oxygens (including phenoxy) is 1. The van der Waals surface area contributed by atoms with Crippen molar-refractivity contribution < 1.29 is 14.3 Å². The van der Waals surface area contributed by atoms with Gasteiger partial charge in [0.1, 0.15) is 0 Å². The van der Waals surface area contributed by atoms with Crippen molar-refractivity contribution in [2.75, 3.05) is 7.11 Å². The van der Waals surface area contributed by atoms with E-state index in [9.17, 15) is 9.59 Å². The number of rotatable bonds is 2. The van der Waals surface area contributed by atoms with Crippen molar-refractivity contribution in [1.82, 2.24) is 0 Å². The molecule has 0 atom stereocenters. The summed E-state index contributed by atoms with van der Waals surface area (Å²) in [6, 6.07) is 12.6. The molecule has 0 saturated heterocycles. The zero-order chi connectivity index (χ0) is 17.5. The molecule has 4 nitrogen and oxygen atoms in total. The molecule has 1 aliphatic carbocycles. The minimum Gasteiger partial charge on any atom is -0.465 e. The third kappa shape index (κ3) is 4.59. The molecule has 24 heavy (non-hydrogen) atoms. The summed E-state index contributed by atoms with van der Waals surface area (Å²) >= 11 is 5.62. The number of esters is 1.